The number of ether oxygens (including phenoxy) is 3. The molecule has 0 heterocycles. The third kappa shape index (κ3) is 6.34. The highest BCUT2D eigenvalue weighted by atomic mass is 16.5. The molecule has 218 valence electrons. The van der Waals surface area contributed by atoms with Crippen LogP contribution >= 0.6 is 0 Å². The van der Waals surface area contributed by atoms with Crippen LogP contribution in [-0.4, -0.2) is 20.0 Å². The van der Waals surface area contributed by atoms with Crippen molar-refractivity contribution in [3.05, 3.63) is 155 Å². The Bertz CT molecular complexity index is 1680. The highest BCUT2D eigenvalue weighted by Crippen LogP contribution is 2.38. The van der Waals surface area contributed by atoms with Gasteiger partial charge < -0.3 is 14.2 Å². The van der Waals surface area contributed by atoms with Gasteiger partial charge in [0, 0.05) is 22.0 Å². The van der Waals surface area contributed by atoms with Crippen molar-refractivity contribution in [3.8, 4) is 23.0 Å². The highest BCUT2D eigenvalue weighted by molar-refractivity contribution is 6.09. The number of hydrogen-bond acceptors (Lipinski definition) is 4. The molecule has 0 radical (unpaired) electrons. The highest BCUT2D eigenvalue weighted by Gasteiger charge is 2.28. The fourth-order valence-electron chi connectivity index (χ4n) is 5.30. The minimum atomic E-state index is -0.214. The van der Waals surface area contributed by atoms with Gasteiger partial charge in [0.25, 0.3) is 0 Å². The lowest BCUT2D eigenvalue weighted by atomic mass is 9.73. The van der Waals surface area contributed by atoms with Gasteiger partial charge in [-0.3, -0.25) is 4.79 Å². The van der Waals surface area contributed by atoms with Gasteiger partial charge in [-0.15, -0.1) is 0 Å². The smallest absolute Gasteiger partial charge is 0.193 e. The first-order valence-electron chi connectivity index (χ1n) is 14.4. The van der Waals surface area contributed by atoms with Crippen LogP contribution in [0.25, 0.3) is 0 Å². The Kier molecular flexibility index (Phi) is 8.40. The van der Waals surface area contributed by atoms with E-state index in [0.29, 0.717) is 16.9 Å². The zero-order valence-corrected chi connectivity index (χ0v) is 25.7. The van der Waals surface area contributed by atoms with Crippen LogP contribution in [0.2, 0.25) is 0 Å². The van der Waals surface area contributed by atoms with Crippen molar-refractivity contribution in [1.82, 2.24) is 0 Å². The number of methoxy groups -OCH3 is 2. The SMILES string of the molecule is COc1ccc(C(=O)c2ccc(Oc3ccc(C(C)(C)c4cccc(C(C)(C)c5ccc(OC)cc5)c4)cc3)cc2)cc1. The van der Waals surface area contributed by atoms with Crippen LogP contribution in [0.4, 0.5) is 0 Å². The van der Waals surface area contributed by atoms with E-state index in [9.17, 15) is 4.79 Å². The molecule has 0 amide bonds. The standard InChI is InChI=1S/C39H38O4/c1-38(2,29-14-22-34(42-6)23-15-29)31-8-7-9-32(26-31)39(3,4)30-16-24-36(25-17-30)43-35-20-12-28(13-21-35)37(40)27-10-18-33(41-5)19-11-27/h7-26H,1-6H3. The van der Waals surface area contributed by atoms with Gasteiger partial charge in [0.1, 0.15) is 23.0 Å². The van der Waals surface area contributed by atoms with Crippen LogP contribution in [-0.2, 0) is 10.8 Å². The molecular formula is C39H38O4. The maximum absolute atomic E-state index is 12.8. The van der Waals surface area contributed by atoms with Crippen LogP contribution in [0.3, 0.4) is 0 Å². The van der Waals surface area contributed by atoms with Crippen LogP contribution < -0.4 is 14.2 Å². The van der Waals surface area contributed by atoms with E-state index in [1.165, 1.54) is 22.3 Å². The topological polar surface area (TPSA) is 44.8 Å². The molecule has 43 heavy (non-hydrogen) atoms. The number of carbonyl (C=O) groups excluding carboxylic acids is 1. The van der Waals surface area contributed by atoms with Crippen molar-refractivity contribution >= 4 is 5.78 Å². The Labute approximate surface area is 254 Å². The Morgan fingerprint density at radius 2 is 0.814 bits per heavy atom. The largest absolute Gasteiger partial charge is 0.497 e. The number of benzene rings is 5. The van der Waals surface area contributed by atoms with Gasteiger partial charge in [-0.25, -0.2) is 0 Å². The molecule has 5 aromatic carbocycles. The number of carbonyl (C=O) groups is 1. The van der Waals surface area contributed by atoms with Crippen molar-refractivity contribution in [2.24, 2.45) is 0 Å². The first kappa shape index (κ1) is 29.7. The molecule has 0 fully saturated rings. The zero-order valence-electron chi connectivity index (χ0n) is 25.7. The summed E-state index contributed by atoms with van der Waals surface area (Å²) in [6.45, 7) is 9.02. The molecule has 5 rings (SSSR count). The normalized spacial score (nSPS) is 11.6. The number of ketones is 1. The van der Waals surface area contributed by atoms with Gasteiger partial charge in [0.15, 0.2) is 5.78 Å². The lowest BCUT2D eigenvalue weighted by Gasteiger charge is -2.31. The molecule has 4 nitrogen and oxygen atoms in total. The second-order valence-electron chi connectivity index (χ2n) is 11.8. The summed E-state index contributed by atoms with van der Waals surface area (Å²) in [4.78, 5) is 12.8. The minimum absolute atomic E-state index is 0.0442. The van der Waals surface area contributed by atoms with Gasteiger partial charge in [0.05, 0.1) is 14.2 Å². The molecule has 5 aromatic rings. The maximum atomic E-state index is 12.8. The molecule has 0 atom stereocenters. The Morgan fingerprint density at radius 1 is 0.465 bits per heavy atom. The van der Waals surface area contributed by atoms with E-state index in [4.69, 9.17) is 14.2 Å². The summed E-state index contributed by atoms with van der Waals surface area (Å²) in [5.74, 6) is 2.95. The predicted molar refractivity (Wildman–Crippen MR) is 173 cm³/mol. The minimum Gasteiger partial charge on any atom is -0.497 e. The summed E-state index contributed by atoms with van der Waals surface area (Å²) in [6.07, 6.45) is 0. The lowest BCUT2D eigenvalue weighted by molar-refractivity contribution is 0.103. The Hall–Kier alpha value is -4.83. The third-order valence-corrected chi connectivity index (χ3v) is 8.40. The molecule has 0 N–H and O–H groups in total. The molecule has 0 bridgehead atoms. The van der Waals surface area contributed by atoms with Gasteiger partial charge in [-0.2, -0.15) is 0 Å². The van der Waals surface area contributed by atoms with Crippen LogP contribution in [0.1, 0.15) is 65.9 Å². The molecule has 0 unspecified atom stereocenters. The van der Waals surface area contributed by atoms with E-state index in [1.54, 1.807) is 50.6 Å². The molecule has 0 saturated heterocycles. The second kappa shape index (κ2) is 12.2. The molecule has 0 saturated carbocycles. The average molecular weight is 571 g/mol. The fraction of sp³-hybridized carbons (Fsp3) is 0.205. The van der Waals surface area contributed by atoms with E-state index in [2.05, 4.69) is 76.2 Å². The molecule has 0 aliphatic rings. The summed E-state index contributed by atoms with van der Waals surface area (Å²) in [6, 6.07) is 39.8. The van der Waals surface area contributed by atoms with Crippen molar-refractivity contribution in [1.29, 1.82) is 0 Å². The summed E-state index contributed by atoms with van der Waals surface area (Å²) in [5.41, 5.74) is 5.78. The van der Waals surface area contributed by atoms with Crippen LogP contribution in [0.5, 0.6) is 23.0 Å². The van der Waals surface area contributed by atoms with Crippen LogP contribution in [0, 0.1) is 0 Å². The average Bonchev–Trinajstić information content (AvgIpc) is 3.05. The van der Waals surface area contributed by atoms with Crippen molar-refractivity contribution in [3.63, 3.8) is 0 Å². The summed E-state index contributed by atoms with van der Waals surface area (Å²) in [5, 5.41) is 0. The van der Waals surface area contributed by atoms with E-state index in [0.717, 1.165) is 17.2 Å². The van der Waals surface area contributed by atoms with Gasteiger partial charge >= 0.3 is 0 Å². The first-order chi connectivity index (χ1) is 20.6. The summed E-state index contributed by atoms with van der Waals surface area (Å²) in [7, 11) is 3.30. The fourth-order valence-corrected chi connectivity index (χ4v) is 5.30. The zero-order chi connectivity index (χ0) is 30.6. The monoisotopic (exact) mass is 570 g/mol. The predicted octanol–water partition coefficient (Wildman–Crippen LogP) is 9.38. The number of hydrogen-bond donors (Lipinski definition) is 0. The second-order valence-corrected chi connectivity index (χ2v) is 11.8. The lowest BCUT2D eigenvalue weighted by Crippen LogP contribution is -2.22. The molecule has 0 aliphatic heterocycles. The maximum Gasteiger partial charge on any atom is 0.193 e. The number of rotatable bonds is 10. The molecule has 0 aliphatic carbocycles. The molecular weight excluding hydrogens is 532 g/mol. The summed E-state index contributed by atoms with van der Waals surface area (Å²) < 4.78 is 16.6. The van der Waals surface area contributed by atoms with Crippen molar-refractivity contribution < 1.29 is 19.0 Å². The van der Waals surface area contributed by atoms with E-state index < -0.39 is 0 Å². The van der Waals surface area contributed by atoms with E-state index in [-0.39, 0.29) is 16.6 Å². The Balaban J connectivity index is 1.29. The third-order valence-electron chi connectivity index (χ3n) is 8.40. The van der Waals surface area contributed by atoms with Gasteiger partial charge in [0.2, 0.25) is 0 Å². The van der Waals surface area contributed by atoms with Crippen molar-refractivity contribution in [2.75, 3.05) is 14.2 Å². The molecule has 4 heteroatoms. The quantitative estimate of drug-likeness (QED) is 0.157. The van der Waals surface area contributed by atoms with Gasteiger partial charge in [-0.1, -0.05) is 76.2 Å². The van der Waals surface area contributed by atoms with E-state index >= 15 is 0 Å². The van der Waals surface area contributed by atoms with Crippen molar-refractivity contribution in [2.45, 2.75) is 38.5 Å². The summed E-state index contributed by atoms with van der Waals surface area (Å²) >= 11 is 0. The molecule has 0 spiro atoms. The molecule has 0 aromatic heterocycles. The van der Waals surface area contributed by atoms with Crippen LogP contribution in [0.15, 0.2) is 121 Å². The first-order valence-corrected chi connectivity index (χ1v) is 14.4. The van der Waals surface area contributed by atoms with E-state index in [1.807, 2.05) is 36.4 Å². The Morgan fingerprint density at radius 3 is 1.21 bits per heavy atom. The van der Waals surface area contributed by atoms with Gasteiger partial charge in [-0.05, 0) is 95.1 Å².